The highest BCUT2D eigenvalue weighted by Gasteiger charge is 2.83. The SMILES string of the molecule is CC(C)Oc1ccc([S+](c2ccccc2)c2ccccc2)cc1.O=S(=O)([O-])C(F)(F)C(F)(F)C(F)(F)C(F)(F)F. The van der Waals surface area contributed by atoms with E-state index in [1.54, 1.807) is 0 Å². The minimum absolute atomic E-state index is 0.0911. The molecule has 0 heterocycles. The molecular weight excluding hydrogens is 599 g/mol. The maximum atomic E-state index is 12.2. The summed E-state index contributed by atoms with van der Waals surface area (Å²) in [6, 6.07) is 29.9. The van der Waals surface area contributed by atoms with Crippen molar-refractivity contribution in [2.75, 3.05) is 0 Å². The van der Waals surface area contributed by atoms with Gasteiger partial charge >= 0.3 is 23.3 Å². The first-order valence-electron chi connectivity index (χ1n) is 11.0. The number of halogens is 9. The van der Waals surface area contributed by atoms with Crippen molar-refractivity contribution in [3.05, 3.63) is 84.9 Å². The zero-order chi connectivity index (χ0) is 30.6. The van der Waals surface area contributed by atoms with E-state index in [-0.39, 0.29) is 17.0 Å². The fourth-order valence-corrected chi connectivity index (χ4v) is 5.49. The van der Waals surface area contributed by atoms with Crippen LogP contribution >= 0.6 is 0 Å². The Labute approximate surface area is 226 Å². The molecule has 0 fully saturated rings. The number of alkyl halides is 9. The van der Waals surface area contributed by atoms with Gasteiger partial charge in [-0.2, -0.15) is 39.5 Å². The second-order valence-corrected chi connectivity index (χ2v) is 11.6. The van der Waals surface area contributed by atoms with Gasteiger partial charge in [-0.05, 0) is 62.4 Å². The van der Waals surface area contributed by atoms with Crippen LogP contribution in [0.25, 0.3) is 0 Å². The summed E-state index contributed by atoms with van der Waals surface area (Å²) in [7, 11) is -7.51. The molecule has 0 aromatic heterocycles. The van der Waals surface area contributed by atoms with Crippen LogP contribution in [0.3, 0.4) is 0 Å². The average Bonchev–Trinajstić information content (AvgIpc) is 2.85. The fraction of sp³-hybridized carbons (Fsp3) is 0.280. The minimum atomic E-state index is -7.43. The van der Waals surface area contributed by atoms with Crippen LogP contribution in [0.2, 0.25) is 0 Å². The molecule has 0 saturated heterocycles. The number of ether oxygens (including phenoxy) is 1. The summed E-state index contributed by atoms with van der Waals surface area (Å²) in [5.41, 5.74) is 0. The molecule has 0 atom stereocenters. The van der Waals surface area contributed by atoms with Crippen molar-refractivity contribution >= 4 is 21.0 Å². The van der Waals surface area contributed by atoms with Gasteiger partial charge in [0.05, 0.1) is 17.0 Å². The zero-order valence-corrected chi connectivity index (χ0v) is 22.1. The Morgan fingerprint density at radius 1 is 0.650 bits per heavy atom. The second-order valence-electron chi connectivity index (χ2n) is 8.19. The first-order chi connectivity index (χ1) is 18.2. The molecule has 15 heteroatoms. The first kappa shape index (κ1) is 33.3. The maximum Gasteiger partial charge on any atom is 0.460 e. The lowest BCUT2D eigenvalue weighted by atomic mass is 10.1. The van der Waals surface area contributed by atoms with Crippen molar-refractivity contribution in [1.29, 1.82) is 0 Å². The van der Waals surface area contributed by atoms with Gasteiger partial charge in [0, 0.05) is 0 Å². The molecule has 40 heavy (non-hydrogen) atoms. The number of hydrogen-bond acceptors (Lipinski definition) is 4. The predicted octanol–water partition coefficient (Wildman–Crippen LogP) is 7.53. The molecule has 220 valence electrons. The third-order valence-electron chi connectivity index (χ3n) is 4.82. The van der Waals surface area contributed by atoms with Crippen LogP contribution in [0.5, 0.6) is 5.75 Å². The molecule has 0 aliphatic carbocycles. The molecule has 0 radical (unpaired) electrons. The maximum absolute atomic E-state index is 12.2. The fourth-order valence-electron chi connectivity index (χ4n) is 2.97. The lowest BCUT2D eigenvalue weighted by Gasteiger charge is -2.34. The van der Waals surface area contributed by atoms with E-state index in [0.29, 0.717) is 0 Å². The molecule has 0 spiro atoms. The van der Waals surface area contributed by atoms with Gasteiger partial charge in [-0.1, -0.05) is 36.4 Å². The Bertz CT molecular complexity index is 1290. The quantitative estimate of drug-likeness (QED) is 0.148. The zero-order valence-electron chi connectivity index (χ0n) is 20.5. The average molecular weight is 621 g/mol. The molecule has 0 aliphatic heterocycles. The molecule has 0 aliphatic rings. The molecule has 0 N–H and O–H groups in total. The molecule has 3 aromatic rings. The highest BCUT2D eigenvalue weighted by molar-refractivity contribution is 7.97. The second kappa shape index (κ2) is 12.3. The standard InChI is InChI=1S/C21H21OS.C4HF9O3S/c1-17(2)22-18-13-15-21(16-14-18)23(19-9-5-3-6-10-19)20-11-7-4-8-12-20;5-1(6,3(9,10)11)2(7,8)4(12,13)17(14,15)16/h3-17H,1-2H3;(H,14,15,16)/q+1;/p-1. The van der Waals surface area contributed by atoms with E-state index in [1.165, 1.54) is 14.7 Å². The topological polar surface area (TPSA) is 66.4 Å². The summed E-state index contributed by atoms with van der Waals surface area (Å²) < 4.78 is 141. The Balaban J connectivity index is 0.000000296. The lowest BCUT2D eigenvalue weighted by molar-refractivity contribution is -0.382. The van der Waals surface area contributed by atoms with E-state index in [2.05, 4.69) is 84.9 Å². The van der Waals surface area contributed by atoms with Crippen LogP contribution in [0.15, 0.2) is 99.6 Å². The van der Waals surface area contributed by atoms with E-state index in [9.17, 15) is 52.5 Å². The van der Waals surface area contributed by atoms with Gasteiger partial charge in [-0.3, -0.25) is 0 Å². The van der Waals surface area contributed by atoms with Crippen LogP contribution in [0.1, 0.15) is 13.8 Å². The van der Waals surface area contributed by atoms with E-state index in [1.807, 2.05) is 13.8 Å². The highest BCUT2D eigenvalue weighted by atomic mass is 32.2. The van der Waals surface area contributed by atoms with Crippen LogP contribution in [0.4, 0.5) is 39.5 Å². The molecular formula is C25H21F9O4S2. The predicted molar refractivity (Wildman–Crippen MR) is 128 cm³/mol. The van der Waals surface area contributed by atoms with Crippen molar-refractivity contribution in [2.45, 2.75) is 57.9 Å². The molecule has 0 amide bonds. The smallest absolute Gasteiger partial charge is 0.460 e. The summed E-state index contributed by atoms with van der Waals surface area (Å²) in [6.45, 7) is 4.10. The van der Waals surface area contributed by atoms with E-state index in [4.69, 9.17) is 4.74 Å². The monoisotopic (exact) mass is 620 g/mol. The van der Waals surface area contributed by atoms with Gasteiger partial charge in [0.1, 0.15) is 5.75 Å². The van der Waals surface area contributed by atoms with Crippen LogP contribution in [-0.4, -0.2) is 42.4 Å². The van der Waals surface area contributed by atoms with Crippen molar-refractivity contribution in [3.63, 3.8) is 0 Å². The van der Waals surface area contributed by atoms with Crippen molar-refractivity contribution in [3.8, 4) is 5.75 Å². The summed E-state index contributed by atoms with van der Waals surface area (Å²) in [4.78, 5) is 3.96. The Morgan fingerprint density at radius 3 is 1.35 bits per heavy atom. The Kier molecular flexibility index (Phi) is 10.2. The van der Waals surface area contributed by atoms with E-state index >= 15 is 0 Å². The number of hydrogen-bond donors (Lipinski definition) is 0. The van der Waals surface area contributed by atoms with E-state index in [0.717, 1.165) is 5.75 Å². The Morgan fingerprint density at radius 2 is 1.02 bits per heavy atom. The third-order valence-corrected chi connectivity index (χ3v) is 7.93. The molecule has 0 saturated carbocycles. The van der Waals surface area contributed by atoms with Gasteiger partial charge in [0.25, 0.3) is 0 Å². The molecule has 0 unspecified atom stereocenters. The van der Waals surface area contributed by atoms with Crippen LogP contribution in [-0.2, 0) is 21.0 Å². The van der Waals surface area contributed by atoms with Crippen LogP contribution < -0.4 is 4.74 Å². The van der Waals surface area contributed by atoms with Gasteiger partial charge in [0.2, 0.25) is 0 Å². The minimum Gasteiger partial charge on any atom is -0.743 e. The first-order valence-corrected chi connectivity index (χ1v) is 13.6. The molecule has 0 bridgehead atoms. The summed E-state index contributed by atoms with van der Waals surface area (Å²) in [5, 5.41) is -7.11. The van der Waals surface area contributed by atoms with Gasteiger partial charge in [-0.15, -0.1) is 0 Å². The summed E-state index contributed by atoms with van der Waals surface area (Å²) in [6.07, 6.45) is -6.97. The highest BCUT2D eigenvalue weighted by Crippen LogP contribution is 2.54. The normalized spacial score (nSPS) is 13.2. The number of rotatable bonds is 8. The largest absolute Gasteiger partial charge is 0.743 e. The third kappa shape index (κ3) is 7.23. The summed E-state index contributed by atoms with van der Waals surface area (Å²) >= 11 is 0. The van der Waals surface area contributed by atoms with E-state index < -0.39 is 33.4 Å². The number of benzene rings is 3. The molecule has 3 aromatic carbocycles. The van der Waals surface area contributed by atoms with Gasteiger partial charge in [0.15, 0.2) is 24.8 Å². The van der Waals surface area contributed by atoms with Crippen molar-refractivity contribution in [1.82, 2.24) is 0 Å². The van der Waals surface area contributed by atoms with Gasteiger partial charge < -0.3 is 9.29 Å². The van der Waals surface area contributed by atoms with Gasteiger partial charge in [-0.25, -0.2) is 8.42 Å². The Hall–Kier alpha value is -2.91. The van der Waals surface area contributed by atoms with Crippen molar-refractivity contribution in [2.24, 2.45) is 0 Å². The lowest BCUT2D eigenvalue weighted by Crippen LogP contribution is -2.63. The molecule has 4 nitrogen and oxygen atoms in total. The summed E-state index contributed by atoms with van der Waals surface area (Å²) in [5.74, 6) is -13.9. The van der Waals surface area contributed by atoms with Crippen molar-refractivity contribution < 1.29 is 57.2 Å². The molecule has 3 rings (SSSR count). The van der Waals surface area contributed by atoms with Crippen LogP contribution in [0, 0.1) is 0 Å².